The summed E-state index contributed by atoms with van der Waals surface area (Å²) >= 11 is 1.06. The molecule has 0 atom stereocenters. The third kappa shape index (κ3) is 6.30. The third-order valence-corrected chi connectivity index (χ3v) is 6.52. The van der Waals surface area contributed by atoms with Crippen LogP contribution < -0.4 is 10.1 Å². The molecule has 1 N–H and O–H groups in total. The van der Waals surface area contributed by atoms with Gasteiger partial charge in [-0.3, -0.25) is 4.79 Å². The average molecular weight is 535 g/mol. The van der Waals surface area contributed by atoms with Crippen molar-refractivity contribution in [3.8, 4) is 34.2 Å². The Morgan fingerprint density at radius 2 is 1.74 bits per heavy atom. The number of alkyl halides is 3. The van der Waals surface area contributed by atoms with Crippen LogP contribution in [0.3, 0.4) is 0 Å². The molecule has 2 aromatic heterocycles. The minimum Gasteiger partial charge on any atom is -0.497 e. The highest BCUT2D eigenvalue weighted by Crippen LogP contribution is 2.35. The summed E-state index contributed by atoms with van der Waals surface area (Å²) in [6.45, 7) is 1.98. The second-order valence-electron chi connectivity index (χ2n) is 8.21. The Bertz CT molecular complexity index is 1480. The fourth-order valence-electron chi connectivity index (χ4n) is 3.55. The van der Waals surface area contributed by atoms with E-state index < -0.39 is 17.6 Å². The van der Waals surface area contributed by atoms with E-state index in [4.69, 9.17) is 4.74 Å². The number of amides is 1. The molecule has 192 valence electrons. The molecule has 0 radical (unpaired) electrons. The summed E-state index contributed by atoms with van der Waals surface area (Å²) in [6, 6.07) is 21.0. The smallest absolute Gasteiger partial charge is 0.417 e. The Morgan fingerprint density at radius 3 is 2.32 bits per heavy atom. The van der Waals surface area contributed by atoms with E-state index in [-0.39, 0.29) is 11.6 Å². The number of nitrogens with zero attached hydrogens (tertiary/aromatic N) is 3. The molecule has 2 heterocycles. The van der Waals surface area contributed by atoms with Crippen LogP contribution >= 0.6 is 11.8 Å². The van der Waals surface area contributed by atoms with Crippen molar-refractivity contribution in [3.63, 3.8) is 0 Å². The number of nitriles is 1. The van der Waals surface area contributed by atoms with Crippen molar-refractivity contribution in [1.29, 1.82) is 5.26 Å². The van der Waals surface area contributed by atoms with Crippen molar-refractivity contribution in [2.24, 2.45) is 0 Å². The zero-order chi connectivity index (χ0) is 27.3. The first-order valence-corrected chi connectivity index (χ1v) is 12.3. The Morgan fingerprint density at radius 1 is 1.05 bits per heavy atom. The van der Waals surface area contributed by atoms with Crippen molar-refractivity contribution < 1.29 is 22.7 Å². The standard InChI is InChI=1S/C28H21F3N4O2S/c1-17-3-5-19(6-4-17)24-13-22(18-7-10-21(37-2)11-8-18)23(14-32)27(34-24)38-16-26(36)35-25-12-9-20(15-33-25)28(29,30)31/h3-13,15H,16H2,1-2H3,(H,33,35,36). The van der Waals surface area contributed by atoms with Gasteiger partial charge in [0.1, 0.15) is 22.7 Å². The molecule has 0 fully saturated rings. The van der Waals surface area contributed by atoms with E-state index >= 15 is 0 Å². The Kier molecular flexibility index (Phi) is 7.98. The lowest BCUT2D eigenvalue weighted by Gasteiger charge is -2.13. The van der Waals surface area contributed by atoms with Crippen molar-refractivity contribution in [1.82, 2.24) is 9.97 Å². The van der Waals surface area contributed by atoms with Crippen molar-refractivity contribution in [2.45, 2.75) is 18.1 Å². The first kappa shape index (κ1) is 26.7. The fourth-order valence-corrected chi connectivity index (χ4v) is 4.36. The second-order valence-corrected chi connectivity index (χ2v) is 9.17. The summed E-state index contributed by atoms with van der Waals surface area (Å²) in [7, 11) is 1.57. The molecule has 0 aliphatic heterocycles. The van der Waals surface area contributed by atoms with Crippen LogP contribution in [0.15, 0.2) is 78.0 Å². The van der Waals surface area contributed by atoms with E-state index in [9.17, 15) is 23.2 Å². The number of aromatic nitrogens is 2. The Balaban J connectivity index is 1.63. The number of thioether (sulfide) groups is 1. The van der Waals surface area contributed by atoms with Crippen LogP contribution in [-0.2, 0) is 11.0 Å². The lowest BCUT2D eigenvalue weighted by molar-refractivity contribution is -0.137. The first-order valence-electron chi connectivity index (χ1n) is 11.3. The number of pyridine rings is 2. The number of ether oxygens (including phenoxy) is 1. The lowest BCUT2D eigenvalue weighted by atomic mass is 9.99. The molecule has 0 spiro atoms. The molecule has 4 rings (SSSR count). The summed E-state index contributed by atoms with van der Waals surface area (Å²) < 4.78 is 43.5. The van der Waals surface area contributed by atoms with Gasteiger partial charge in [-0.15, -0.1) is 0 Å². The van der Waals surface area contributed by atoms with Crippen LogP contribution in [0.4, 0.5) is 19.0 Å². The molecule has 0 aliphatic rings. The van der Waals surface area contributed by atoms with E-state index in [0.29, 0.717) is 33.8 Å². The Labute approximate surface area is 221 Å². The van der Waals surface area contributed by atoms with Gasteiger partial charge in [0.15, 0.2) is 0 Å². The highest BCUT2D eigenvalue weighted by atomic mass is 32.2. The largest absolute Gasteiger partial charge is 0.497 e. The molecule has 2 aromatic carbocycles. The van der Waals surface area contributed by atoms with Gasteiger partial charge >= 0.3 is 6.18 Å². The molecule has 10 heteroatoms. The molecular formula is C28H21F3N4O2S. The molecule has 0 unspecified atom stereocenters. The Hall–Kier alpha value is -4.36. The molecule has 38 heavy (non-hydrogen) atoms. The molecule has 0 bridgehead atoms. The zero-order valence-corrected chi connectivity index (χ0v) is 21.2. The van der Waals surface area contributed by atoms with Crippen molar-refractivity contribution >= 4 is 23.5 Å². The summed E-state index contributed by atoms with van der Waals surface area (Å²) in [5.74, 6) is 0.0244. The predicted octanol–water partition coefficient (Wildman–Crippen LogP) is 6.75. The molecular weight excluding hydrogens is 513 g/mol. The van der Waals surface area contributed by atoms with E-state index in [1.807, 2.05) is 49.4 Å². The number of anilines is 1. The maximum Gasteiger partial charge on any atom is 0.417 e. The average Bonchev–Trinajstić information content (AvgIpc) is 2.91. The number of methoxy groups -OCH3 is 1. The van der Waals surface area contributed by atoms with Crippen molar-refractivity contribution in [3.05, 3.63) is 89.6 Å². The summed E-state index contributed by atoms with van der Waals surface area (Å²) in [5.41, 5.74) is 3.37. The van der Waals surface area contributed by atoms with Crippen LogP contribution in [-0.4, -0.2) is 28.7 Å². The number of benzene rings is 2. The van der Waals surface area contributed by atoms with E-state index in [1.54, 1.807) is 19.2 Å². The molecule has 1 amide bonds. The number of carbonyl (C=O) groups excluding carboxylic acids is 1. The number of hydrogen-bond donors (Lipinski definition) is 1. The molecule has 4 aromatic rings. The van der Waals surface area contributed by atoms with Crippen LogP contribution in [0.2, 0.25) is 0 Å². The van der Waals surface area contributed by atoms with Gasteiger partial charge in [0.2, 0.25) is 5.91 Å². The number of halogens is 3. The maximum absolute atomic E-state index is 12.8. The third-order valence-electron chi connectivity index (χ3n) is 5.54. The van der Waals surface area contributed by atoms with Gasteiger partial charge in [0.05, 0.1) is 29.7 Å². The van der Waals surface area contributed by atoms with Gasteiger partial charge in [-0.05, 0) is 42.8 Å². The molecule has 0 saturated carbocycles. The van der Waals surface area contributed by atoms with E-state index in [1.165, 1.54) is 0 Å². The molecule has 0 aliphatic carbocycles. The normalized spacial score (nSPS) is 11.1. The highest BCUT2D eigenvalue weighted by Gasteiger charge is 2.30. The number of rotatable bonds is 7. The topological polar surface area (TPSA) is 87.9 Å². The van der Waals surface area contributed by atoms with Gasteiger partial charge < -0.3 is 10.1 Å². The summed E-state index contributed by atoms with van der Waals surface area (Å²) in [5, 5.41) is 12.9. The monoisotopic (exact) mass is 534 g/mol. The number of hydrogen-bond acceptors (Lipinski definition) is 6. The predicted molar refractivity (Wildman–Crippen MR) is 140 cm³/mol. The molecule has 6 nitrogen and oxygen atoms in total. The summed E-state index contributed by atoms with van der Waals surface area (Å²) in [6.07, 6.45) is -3.86. The van der Waals surface area contributed by atoms with Crippen molar-refractivity contribution in [2.75, 3.05) is 18.2 Å². The van der Waals surface area contributed by atoms with E-state index in [2.05, 4.69) is 21.4 Å². The molecule has 0 saturated heterocycles. The van der Waals surface area contributed by atoms with Crippen LogP contribution in [0.1, 0.15) is 16.7 Å². The quantitative estimate of drug-likeness (QED) is 0.264. The van der Waals surface area contributed by atoms with Gasteiger partial charge in [-0.25, -0.2) is 9.97 Å². The zero-order valence-electron chi connectivity index (χ0n) is 20.3. The number of aryl methyl sites for hydroxylation is 1. The number of carbonyl (C=O) groups is 1. The maximum atomic E-state index is 12.8. The lowest BCUT2D eigenvalue weighted by Crippen LogP contribution is -2.16. The van der Waals surface area contributed by atoms with Crippen LogP contribution in [0, 0.1) is 18.3 Å². The SMILES string of the molecule is COc1ccc(-c2cc(-c3ccc(C)cc3)nc(SCC(=O)Nc3ccc(C(F)(F)F)cn3)c2C#N)cc1. The van der Waals surface area contributed by atoms with Gasteiger partial charge in [-0.2, -0.15) is 18.4 Å². The van der Waals surface area contributed by atoms with Crippen LogP contribution in [0.25, 0.3) is 22.4 Å². The van der Waals surface area contributed by atoms with E-state index in [0.717, 1.165) is 40.6 Å². The number of nitrogens with one attached hydrogen (secondary N) is 1. The van der Waals surface area contributed by atoms with Gasteiger partial charge in [0, 0.05) is 17.3 Å². The summed E-state index contributed by atoms with van der Waals surface area (Å²) in [4.78, 5) is 20.9. The second kappa shape index (κ2) is 11.4. The minimum absolute atomic E-state index is 0.00982. The fraction of sp³-hybridized carbons (Fsp3) is 0.143. The first-order chi connectivity index (χ1) is 18.2. The van der Waals surface area contributed by atoms with Gasteiger partial charge in [0.25, 0.3) is 0 Å². The van der Waals surface area contributed by atoms with Gasteiger partial charge in [-0.1, -0.05) is 53.7 Å². The minimum atomic E-state index is -4.52. The highest BCUT2D eigenvalue weighted by molar-refractivity contribution is 8.00. The van der Waals surface area contributed by atoms with Crippen LogP contribution in [0.5, 0.6) is 5.75 Å².